The second-order valence-electron chi connectivity index (χ2n) is 9.98. The van der Waals surface area contributed by atoms with Crippen LogP contribution >= 0.6 is 0 Å². The zero-order valence-corrected chi connectivity index (χ0v) is 18.7. The molecule has 3 amide bonds. The molecule has 3 heterocycles. The Morgan fingerprint density at radius 3 is 2.45 bits per heavy atom. The molecule has 0 radical (unpaired) electrons. The van der Waals surface area contributed by atoms with E-state index in [-0.39, 0.29) is 23.8 Å². The number of rotatable bonds is 5. The van der Waals surface area contributed by atoms with Gasteiger partial charge in [0.15, 0.2) is 0 Å². The number of nitrogens with zero attached hydrogens (tertiary/aromatic N) is 1. The molecule has 7 heteroatoms. The maximum atomic E-state index is 13.5. The number of hydrogen-bond donors (Lipinski definition) is 2. The van der Waals surface area contributed by atoms with Crippen LogP contribution in [0.25, 0.3) is 0 Å². The van der Waals surface area contributed by atoms with Crippen LogP contribution in [-0.2, 0) is 25.7 Å². The van der Waals surface area contributed by atoms with Gasteiger partial charge in [-0.15, -0.1) is 0 Å². The Kier molecular flexibility index (Phi) is 5.20. The third-order valence-corrected chi connectivity index (χ3v) is 6.23. The standard InChI is InChI=1S/C24H31N3O4/c1-14(2)27-19(21(29)26-23(3,4)5)24-12-11-16(31-24)17(18(24)22(27)30)20(28)25-13-15-9-7-6-8-10-15/h6-12,14,16-19H,13H2,1-5H3,(H,25,28)(H,26,29)/t16-,17+,18-,19+,24-/m1/s1. The van der Waals surface area contributed by atoms with E-state index >= 15 is 0 Å². The predicted molar refractivity (Wildman–Crippen MR) is 116 cm³/mol. The van der Waals surface area contributed by atoms with Crippen molar-refractivity contribution in [3.63, 3.8) is 0 Å². The van der Waals surface area contributed by atoms with E-state index in [1.54, 1.807) is 4.90 Å². The predicted octanol–water partition coefficient (Wildman–Crippen LogP) is 1.78. The molecule has 166 valence electrons. The van der Waals surface area contributed by atoms with E-state index in [1.165, 1.54) is 0 Å². The average Bonchev–Trinajstić information content (AvgIpc) is 3.32. The molecule has 1 aromatic rings. The number of hydrogen-bond acceptors (Lipinski definition) is 4. The van der Waals surface area contributed by atoms with Crippen LogP contribution in [0.4, 0.5) is 0 Å². The van der Waals surface area contributed by atoms with Crippen molar-refractivity contribution in [3.05, 3.63) is 48.0 Å². The number of carbonyl (C=O) groups excluding carboxylic acids is 3. The van der Waals surface area contributed by atoms with Crippen LogP contribution in [0.15, 0.2) is 42.5 Å². The first-order chi connectivity index (χ1) is 14.5. The highest BCUT2D eigenvalue weighted by atomic mass is 16.5. The summed E-state index contributed by atoms with van der Waals surface area (Å²) in [5.41, 5.74) is -0.588. The average molecular weight is 426 g/mol. The summed E-state index contributed by atoms with van der Waals surface area (Å²) in [6.07, 6.45) is 3.15. The molecule has 7 nitrogen and oxygen atoms in total. The van der Waals surface area contributed by atoms with Gasteiger partial charge in [0.1, 0.15) is 11.6 Å². The van der Waals surface area contributed by atoms with Crippen LogP contribution in [0.1, 0.15) is 40.2 Å². The van der Waals surface area contributed by atoms with Gasteiger partial charge in [-0.2, -0.15) is 0 Å². The number of ether oxygens (including phenoxy) is 1. The van der Waals surface area contributed by atoms with Crippen molar-refractivity contribution in [2.75, 3.05) is 0 Å². The van der Waals surface area contributed by atoms with Crippen molar-refractivity contribution < 1.29 is 19.1 Å². The van der Waals surface area contributed by atoms with E-state index in [4.69, 9.17) is 4.74 Å². The molecule has 1 spiro atoms. The number of carbonyl (C=O) groups is 3. The molecule has 5 atom stereocenters. The quantitative estimate of drug-likeness (QED) is 0.704. The second kappa shape index (κ2) is 7.48. The maximum absolute atomic E-state index is 13.5. The molecule has 2 fully saturated rings. The fraction of sp³-hybridized carbons (Fsp3) is 0.542. The highest BCUT2D eigenvalue weighted by Crippen LogP contribution is 2.55. The molecule has 1 aromatic carbocycles. The third-order valence-electron chi connectivity index (χ3n) is 6.23. The van der Waals surface area contributed by atoms with E-state index in [2.05, 4.69) is 10.6 Å². The van der Waals surface area contributed by atoms with Gasteiger partial charge in [-0.05, 0) is 40.2 Å². The van der Waals surface area contributed by atoms with Crippen molar-refractivity contribution in [1.82, 2.24) is 15.5 Å². The second-order valence-corrected chi connectivity index (χ2v) is 9.98. The molecule has 3 aliphatic heterocycles. The topological polar surface area (TPSA) is 87.7 Å². The fourth-order valence-corrected chi connectivity index (χ4v) is 5.10. The van der Waals surface area contributed by atoms with Crippen molar-refractivity contribution in [1.29, 1.82) is 0 Å². The SMILES string of the molecule is CC(C)N1C(=O)[C@H]2[C@@H](C(=O)NCc3ccccc3)[C@H]3C=C[C@]2(O3)[C@@H]1C(=O)NC(C)(C)C. The number of likely N-dealkylation sites (tertiary alicyclic amines) is 1. The van der Waals surface area contributed by atoms with Gasteiger partial charge < -0.3 is 20.3 Å². The lowest BCUT2D eigenvalue weighted by atomic mass is 9.74. The summed E-state index contributed by atoms with van der Waals surface area (Å²) >= 11 is 0. The van der Waals surface area contributed by atoms with Gasteiger partial charge in [0.2, 0.25) is 17.7 Å². The van der Waals surface area contributed by atoms with E-state index in [0.717, 1.165) is 5.56 Å². The number of benzene rings is 1. The minimum absolute atomic E-state index is 0.198. The maximum Gasteiger partial charge on any atom is 0.246 e. The number of nitrogens with one attached hydrogen (secondary N) is 2. The fourth-order valence-electron chi connectivity index (χ4n) is 5.10. The van der Waals surface area contributed by atoms with E-state index in [1.807, 2.05) is 77.1 Å². The zero-order chi connectivity index (χ0) is 22.6. The summed E-state index contributed by atoms with van der Waals surface area (Å²) in [5, 5.41) is 5.96. The van der Waals surface area contributed by atoms with E-state index in [9.17, 15) is 14.4 Å². The molecule has 2 saturated heterocycles. The normalized spacial score (nSPS) is 31.3. The van der Waals surface area contributed by atoms with Gasteiger partial charge >= 0.3 is 0 Å². The van der Waals surface area contributed by atoms with Crippen LogP contribution in [0.3, 0.4) is 0 Å². The lowest BCUT2D eigenvalue weighted by Gasteiger charge is -2.36. The zero-order valence-electron chi connectivity index (χ0n) is 18.7. The van der Waals surface area contributed by atoms with Crippen LogP contribution in [0, 0.1) is 11.8 Å². The van der Waals surface area contributed by atoms with E-state index in [0.29, 0.717) is 6.54 Å². The Bertz CT molecular complexity index is 921. The van der Waals surface area contributed by atoms with Crippen molar-refractivity contribution in [2.24, 2.45) is 11.8 Å². The van der Waals surface area contributed by atoms with Crippen LogP contribution < -0.4 is 10.6 Å². The van der Waals surface area contributed by atoms with Crippen LogP contribution in [0.2, 0.25) is 0 Å². The molecule has 0 aromatic heterocycles. The van der Waals surface area contributed by atoms with Gasteiger partial charge in [0.05, 0.1) is 17.9 Å². The summed E-state index contributed by atoms with van der Waals surface area (Å²) in [4.78, 5) is 41.6. The molecule has 2 bridgehead atoms. The minimum atomic E-state index is -1.11. The highest BCUT2D eigenvalue weighted by molar-refractivity contribution is 6.00. The molecule has 31 heavy (non-hydrogen) atoms. The van der Waals surface area contributed by atoms with Gasteiger partial charge in [0, 0.05) is 18.1 Å². The Morgan fingerprint density at radius 2 is 1.84 bits per heavy atom. The Morgan fingerprint density at radius 1 is 1.16 bits per heavy atom. The smallest absolute Gasteiger partial charge is 0.246 e. The van der Waals surface area contributed by atoms with Crippen LogP contribution in [-0.4, -0.2) is 51.9 Å². The largest absolute Gasteiger partial charge is 0.359 e. The summed E-state index contributed by atoms with van der Waals surface area (Å²) in [7, 11) is 0. The summed E-state index contributed by atoms with van der Waals surface area (Å²) in [6, 6.07) is 8.62. The Hall–Kier alpha value is -2.67. The molecule has 0 unspecified atom stereocenters. The van der Waals surface area contributed by atoms with Gasteiger partial charge in [-0.1, -0.05) is 42.5 Å². The first-order valence-electron chi connectivity index (χ1n) is 10.9. The summed E-state index contributed by atoms with van der Waals surface area (Å²) < 4.78 is 6.27. The molecule has 2 N–H and O–H groups in total. The van der Waals surface area contributed by atoms with E-state index < -0.39 is 35.1 Å². The number of fused-ring (bicyclic) bond motifs is 1. The van der Waals surface area contributed by atoms with Gasteiger partial charge in [0.25, 0.3) is 0 Å². The molecule has 3 aliphatic rings. The van der Waals surface area contributed by atoms with Gasteiger partial charge in [-0.3, -0.25) is 14.4 Å². The summed E-state index contributed by atoms with van der Waals surface area (Å²) in [6.45, 7) is 9.85. The first-order valence-corrected chi connectivity index (χ1v) is 10.9. The van der Waals surface area contributed by atoms with Crippen molar-refractivity contribution in [2.45, 2.75) is 70.5 Å². The molecular formula is C24H31N3O4. The van der Waals surface area contributed by atoms with Crippen LogP contribution in [0.5, 0.6) is 0 Å². The van der Waals surface area contributed by atoms with Crippen molar-refractivity contribution >= 4 is 17.7 Å². The van der Waals surface area contributed by atoms with Gasteiger partial charge in [-0.25, -0.2) is 0 Å². The monoisotopic (exact) mass is 425 g/mol. The minimum Gasteiger partial charge on any atom is -0.359 e. The summed E-state index contributed by atoms with van der Waals surface area (Å²) in [5.74, 6) is -2.05. The lowest BCUT2D eigenvalue weighted by molar-refractivity contribution is -0.144. The Labute approximate surface area is 183 Å². The highest BCUT2D eigenvalue weighted by Gasteiger charge is 2.73. The first kappa shape index (κ1) is 21.6. The third kappa shape index (κ3) is 3.55. The molecule has 0 aliphatic carbocycles. The van der Waals surface area contributed by atoms with Crippen molar-refractivity contribution in [3.8, 4) is 0 Å². The molecule has 4 rings (SSSR count). The molecule has 0 saturated carbocycles. The molecular weight excluding hydrogens is 394 g/mol. The Balaban J connectivity index is 1.62. The number of amides is 3. The lowest BCUT2D eigenvalue weighted by Crippen LogP contribution is -2.59.